The van der Waals surface area contributed by atoms with Crippen LogP contribution in [0.25, 0.3) is 0 Å². The Labute approximate surface area is 167 Å². The molecule has 0 spiro atoms. The zero-order chi connectivity index (χ0) is 19.9. The third kappa shape index (κ3) is 5.65. The maximum Gasteiger partial charge on any atom is 0.270 e. The fourth-order valence-electron chi connectivity index (χ4n) is 3.38. The maximum atomic E-state index is 12.5. The lowest BCUT2D eigenvalue weighted by molar-refractivity contribution is 0.0949. The van der Waals surface area contributed by atoms with Gasteiger partial charge in [-0.05, 0) is 68.7 Å². The zero-order valence-corrected chi connectivity index (χ0v) is 17.1. The highest BCUT2D eigenvalue weighted by Crippen LogP contribution is 2.20. The van der Waals surface area contributed by atoms with Gasteiger partial charge in [0.25, 0.3) is 5.91 Å². The molecule has 0 fully saturated rings. The Morgan fingerprint density at radius 3 is 2.61 bits per heavy atom. The average molecular weight is 379 g/mol. The predicted octanol–water partition coefficient (Wildman–Crippen LogP) is 5.27. The normalized spacial score (nSPS) is 13.9. The number of carbonyl (C=O) groups excluding carboxylic acids is 1. The van der Waals surface area contributed by atoms with E-state index in [2.05, 4.69) is 52.7 Å². The maximum absolute atomic E-state index is 12.5. The highest BCUT2D eigenvalue weighted by molar-refractivity contribution is 5.92. The number of allylic oxidation sites excluding steroid dienone is 1. The van der Waals surface area contributed by atoms with Crippen LogP contribution < -0.4 is 10.6 Å². The fraction of sp³-hybridized carbons (Fsp3) is 0.435. The summed E-state index contributed by atoms with van der Waals surface area (Å²) in [6.45, 7) is 6.86. The zero-order valence-electron chi connectivity index (χ0n) is 17.1. The summed E-state index contributed by atoms with van der Waals surface area (Å²) >= 11 is 0. The molecule has 1 aromatic heterocycles. The van der Waals surface area contributed by atoms with Gasteiger partial charge in [-0.2, -0.15) is 0 Å². The highest BCUT2D eigenvalue weighted by atomic mass is 16.1. The Kier molecular flexibility index (Phi) is 6.80. The summed E-state index contributed by atoms with van der Waals surface area (Å²) in [6, 6.07) is 9.94. The van der Waals surface area contributed by atoms with Crippen LogP contribution in [0, 0.1) is 6.92 Å². The summed E-state index contributed by atoms with van der Waals surface area (Å²) in [5.41, 5.74) is 4.80. The molecule has 28 heavy (non-hydrogen) atoms. The molecule has 0 saturated carbocycles. The van der Waals surface area contributed by atoms with E-state index in [1.165, 1.54) is 30.4 Å². The van der Waals surface area contributed by atoms with E-state index in [-0.39, 0.29) is 5.91 Å². The largest absolute Gasteiger partial charge is 0.350 e. The lowest BCUT2D eigenvalue weighted by Crippen LogP contribution is -2.26. The molecule has 5 heteroatoms. The molecular weight excluding hydrogens is 348 g/mol. The van der Waals surface area contributed by atoms with Crippen molar-refractivity contribution in [3.63, 3.8) is 0 Å². The van der Waals surface area contributed by atoms with Crippen molar-refractivity contribution in [2.45, 2.75) is 58.8 Å². The fourth-order valence-corrected chi connectivity index (χ4v) is 3.38. The van der Waals surface area contributed by atoms with Crippen molar-refractivity contribution in [1.29, 1.82) is 0 Å². The van der Waals surface area contributed by atoms with Crippen LogP contribution in [0.1, 0.15) is 73.6 Å². The highest BCUT2D eigenvalue weighted by Gasteiger charge is 2.11. The van der Waals surface area contributed by atoms with Crippen LogP contribution in [0.3, 0.4) is 0 Å². The van der Waals surface area contributed by atoms with E-state index >= 15 is 0 Å². The average Bonchev–Trinajstić information content (AvgIpc) is 2.68. The van der Waals surface area contributed by atoms with Crippen molar-refractivity contribution in [3.05, 3.63) is 58.9 Å². The molecule has 2 N–H and O–H groups in total. The van der Waals surface area contributed by atoms with E-state index in [9.17, 15) is 4.79 Å². The molecule has 1 aliphatic rings. The predicted molar refractivity (Wildman–Crippen MR) is 114 cm³/mol. The third-order valence-electron chi connectivity index (χ3n) is 5.04. The van der Waals surface area contributed by atoms with Crippen molar-refractivity contribution >= 4 is 17.5 Å². The first-order valence-corrected chi connectivity index (χ1v) is 10.2. The van der Waals surface area contributed by atoms with E-state index in [4.69, 9.17) is 0 Å². The van der Waals surface area contributed by atoms with E-state index in [1.54, 1.807) is 6.07 Å². The minimum Gasteiger partial charge on any atom is -0.350 e. The summed E-state index contributed by atoms with van der Waals surface area (Å²) < 4.78 is 0. The van der Waals surface area contributed by atoms with E-state index < -0.39 is 0 Å². The lowest BCUT2D eigenvalue weighted by Gasteiger charge is -2.13. The summed E-state index contributed by atoms with van der Waals surface area (Å²) in [5.74, 6) is 0.779. The van der Waals surface area contributed by atoms with Gasteiger partial charge in [0.15, 0.2) is 0 Å². The number of amides is 1. The number of hydrogen-bond acceptors (Lipinski definition) is 4. The number of aromatic nitrogens is 2. The first-order valence-electron chi connectivity index (χ1n) is 10.2. The number of aryl methyl sites for hydroxylation is 1. The Morgan fingerprint density at radius 2 is 1.93 bits per heavy atom. The Bertz CT molecular complexity index is 840. The third-order valence-corrected chi connectivity index (χ3v) is 5.04. The van der Waals surface area contributed by atoms with Crippen LogP contribution in [-0.2, 0) is 0 Å². The molecule has 0 atom stereocenters. The monoisotopic (exact) mass is 378 g/mol. The lowest BCUT2D eigenvalue weighted by atomic mass is 9.97. The van der Waals surface area contributed by atoms with Crippen LogP contribution >= 0.6 is 0 Å². The summed E-state index contributed by atoms with van der Waals surface area (Å²) in [5, 5.41) is 6.19. The van der Waals surface area contributed by atoms with Gasteiger partial charge in [-0.15, -0.1) is 0 Å². The topological polar surface area (TPSA) is 66.9 Å². The van der Waals surface area contributed by atoms with Crippen LogP contribution in [0.5, 0.6) is 0 Å². The number of nitrogens with zero attached hydrogens (tertiary/aromatic N) is 2. The van der Waals surface area contributed by atoms with Gasteiger partial charge in [0, 0.05) is 17.9 Å². The molecule has 0 unspecified atom stereocenters. The van der Waals surface area contributed by atoms with Gasteiger partial charge in [-0.3, -0.25) is 4.79 Å². The second-order valence-electron chi connectivity index (χ2n) is 7.73. The Balaban J connectivity index is 1.61. The van der Waals surface area contributed by atoms with E-state index in [0.717, 1.165) is 24.2 Å². The molecule has 2 aromatic rings. The minimum absolute atomic E-state index is 0.153. The quantitative estimate of drug-likeness (QED) is 0.644. The van der Waals surface area contributed by atoms with Crippen molar-refractivity contribution in [1.82, 2.24) is 15.3 Å². The number of nitrogens with one attached hydrogen (secondary N) is 2. The molecule has 1 aromatic carbocycles. The van der Waals surface area contributed by atoms with Gasteiger partial charge in [0.1, 0.15) is 5.69 Å². The van der Waals surface area contributed by atoms with Gasteiger partial charge in [-0.25, -0.2) is 9.97 Å². The van der Waals surface area contributed by atoms with Gasteiger partial charge in [0.05, 0.1) is 0 Å². The number of anilines is 2. The van der Waals surface area contributed by atoms with Gasteiger partial charge in [0.2, 0.25) is 5.95 Å². The smallest absolute Gasteiger partial charge is 0.270 e. The van der Waals surface area contributed by atoms with Crippen molar-refractivity contribution in [2.24, 2.45) is 0 Å². The number of rotatable bonds is 7. The molecule has 0 aliphatic heterocycles. The first kappa shape index (κ1) is 20.1. The van der Waals surface area contributed by atoms with Gasteiger partial charge in [-0.1, -0.05) is 37.6 Å². The van der Waals surface area contributed by atoms with Crippen LogP contribution in [-0.4, -0.2) is 22.4 Å². The summed E-state index contributed by atoms with van der Waals surface area (Å²) in [6.07, 6.45) is 8.11. The standard InChI is InChI=1S/C23H30N4O/c1-16(2)19-9-11-20(12-10-19)26-23-25-17(3)15-21(27-23)22(28)24-14-13-18-7-5-4-6-8-18/h7,9-12,15-16H,4-6,8,13-14H2,1-3H3,(H,24,28)(H,25,26,27). The van der Waals surface area contributed by atoms with Crippen molar-refractivity contribution in [2.75, 3.05) is 11.9 Å². The molecule has 5 nitrogen and oxygen atoms in total. The van der Waals surface area contributed by atoms with Crippen molar-refractivity contribution < 1.29 is 4.79 Å². The molecule has 0 radical (unpaired) electrons. The molecule has 1 heterocycles. The molecule has 148 valence electrons. The molecule has 3 rings (SSSR count). The molecule has 0 saturated heterocycles. The number of benzene rings is 1. The molecule has 1 aliphatic carbocycles. The second-order valence-corrected chi connectivity index (χ2v) is 7.73. The Hall–Kier alpha value is -2.69. The molecular formula is C23H30N4O. The SMILES string of the molecule is Cc1cc(C(=O)NCCC2=CCCCC2)nc(Nc2ccc(C(C)C)cc2)n1. The van der Waals surface area contributed by atoms with Gasteiger partial charge < -0.3 is 10.6 Å². The minimum atomic E-state index is -0.153. The van der Waals surface area contributed by atoms with Gasteiger partial charge >= 0.3 is 0 Å². The number of hydrogen-bond donors (Lipinski definition) is 2. The van der Waals surface area contributed by atoms with Crippen LogP contribution in [0.2, 0.25) is 0 Å². The summed E-state index contributed by atoms with van der Waals surface area (Å²) in [7, 11) is 0. The second kappa shape index (κ2) is 9.49. The van der Waals surface area contributed by atoms with Crippen molar-refractivity contribution in [3.8, 4) is 0 Å². The molecule has 0 bridgehead atoms. The van der Waals surface area contributed by atoms with Crippen LogP contribution in [0.4, 0.5) is 11.6 Å². The van der Waals surface area contributed by atoms with E-state index in [1.807, 2.05) is 19.1 Å². The van der Waals surface area contributed by atoms with Crippen LogP contribution in [0.15, 0.2) is 42.0 Å². The molecule has 1 amide bonds. The first-order chi connectivity index (χ1) is 13.5. The number of carbonyl (C=O) groups is 1. The Morgan fingerprint density at radius 1 is 1.14 bits per heavy atom. The van der Waals surface area contributed by atoms with E-state index in [0.29, 0.717) is 24.1 Å². The summed E-state index contributed by atoms with van der Waals surface area (Å²) in [4.78, 5) is 21.3.